The largest absolute Gasteiger partial charge is 0.458 e. The average Bonchev–Trinajstić information content (AvgIpc) is 3.32. The molecule has 2 unspecified atom stereocenters. The first-order valence-corrected chi connectivity index (χ1v) is 10.8. The number of benzene rings is 2. The van der Waals surface area contributed by atoms with Gasteiger partial charge in [0.2, 0.25) is 17.9 Å². The number of esters is 1. The maximum absolute atomic E-state index is 13.1. The number of amides is 3. The van der Waals surface area contributed by atoms with Gasteiger partial charge >= 0.3 is 12.1 Å². The van der Waals surface area contributed by atoms with Crippen LogP contribution >= 0.6 is 0 Å². The van der Waals surface area contributed by atoms with Crippen molar-refractivity contribution in [1.29, 1.82) is 0 Å². The lowest BCUT2D eigenvalue weighted by atomic mass is 10.1. The molecule has 1 fully saturated rings. The number of nitrogens with one attached hydrogen (secondary N) is 1. The molecule has 188 valence electrons. The molecule has 1 heterocycles. The molecular formula is C24H24N4O8. The van der Waals surface area contributed by atoms with Crippen molar-refractivity contribution in [3.05, 3.63) is 88.0 Å². The molecule has 36 heavy (non-hydrogen) atoms. The number of nitrogens with zero attached hydrogens (tertiary/aromatic N) is 2. The highest BCUT2D eigenvalue weighted by atomic mass is 16.6. The average molecular weight is 496 g/mol. The third kappa shape index (κ3) is 6.44. The summed E-state index contributed by atoms with van der Waals surface area (Å²) in [5.74, 6) is -2.40. The van der Waals surface area contributed by atoms with Gasteiger partial charge in [0.1, 0.15) is 19.3 Å². The van der Waals surface area contributed by atoms with Crippen LogP contribution in [0.5, 0.6) is 0 Å². The maximum Gasteiger partial charge on any atom is 0.411 e. The van der Waals surface area contributed by atoms with Crippen molar-refractivity contribution < 1.29 is 33.6 Å². The number of hydrogen-bond acceptors (Lipinski definition) is 8. The number of anilines is 1. The van der Waals surface area contributed by atoms with Crippen molar-refractivity contribution in [2.45, 2.75) is 25.1 Å². The van der Waals surface area contributed by atoms with Crippen LogP contribution in [0, 0.1) is 10.1 Å². The van der Waals surface area contributed by atoms with E-state index in [2.05, 4.69) is 11.9 Å². The SMILES string of the molecule is C=CCOC(=O)c1cc(NC(=O)C2CC([N+](=O)[O-])CN2C(=O)OCc2ccccc2)cc(C(N)=O)c1. The molecule has 3 N–H and O–H groups in total. The molecule has 1 aliphatic heterocycles. The molecule has 12 nitrogen and oxygen atoms in total. The Morgan fingerprint density at radius 2 is 1.83 bits per heavy atom. The first-order valence-electron chi connectivity index (χ1n) is 10.8. The van der Waals surface area contributed by atoms with Gasteiger partial charge in [-0.1, -0.05) is 43.0 Å². The Balaban J connectivity index is 1.79. The molecule has 0 radical (unpaired) electrons. The number of primary amides is 1. The smallest absolute Gasteiger partial charge is 0.411 e. The van der Waals surface area contributed by atoms with E-state index < -0.39 is 40.9 Å². The van der Waals surface area contributed by atoms with Gasteiger partial charge in [0.15, 0.2) is 0 Å². The van der Waals surface area contributed by atoms with Crippen LogP contribution in [0.1, 0.15) is 32.7 Å². The van der Waals surface area contributed by atoms with Crippen molar-refractivity contribution in [3.63, 3.8) is 0 Å². The van der Waals surface area contributed by atoms with E-state index in [9.17, 15) is 29.3 Å². The molecule has 2 aromatic carbocycles. The minimum atomic E-state index is -1.22. The number of carbonyl (C=O) groups is 4. The maximum atomic E-state index is 13.1. The fourth-order valence-corrected chi connectivity index (χ4v) is 3.62. The zero-order valence-electron chi connectivity index (χ0n) is 19.1. The van der Waals surface area contributed by atoms with Gasteiger partial charge in [0, 0.05) is 22.6 Å². The zero-order chi connectivity index (χ0) is 26.2. The first-order chi connectivity index (χ1) is 17.2. The Kier molecular flexibility index (Phi) is 8.34. The van der Waals surface area contributed by atoms with Crippen LogP contribution in [-0.2, 0) is 20.9 Å². The molecule has 1 saturated heterocycles. The van der Waals surface area contributed by atoms with Gasteiger partial charge in [0.05, 0.1) is 12.1 Å². The predicted octanol–water partition coefficient (Wildman–Crippen LogP) is 2.12. The Hall–Kier alpha value is -4.74. The first kappa shape index (κ1) is 25.9. The van der Waals surface area contributed by atoms with Crippen LogP contribution < -0.4 is 11.1 Å². The molecule has 12 heteroatoms. The lowest BCUT2D eigenvalue weighted by molar-refractivity contribution is -0.518. The predicted molar refractivity (Wildman–Crippen MR) is 127 cm³/mol. The van der Waals surface area contributed by atoms with E-state index in [1.165, 1.54) is 24.3 Å². The van der Waals surface area contributed by atoms with Crippen LogP contribution in [0.3, 0.4) is 0 Å². The third-order valence-electron chi connectivity index (χ3n) is 5.37. The van der Waals surface area contributed by atoms with E-state index in [0.717, 1.165) is 4.90 Å². The van der Waals surface area contributed by atoms with Crippen LogP contribution in [0.4, 0.5) is 10.5 Å². The van der Waals surface area contributed by atoms with Crippen molar-refractivity contribution in [3.8, 4) is 0 Å². The van der Waals surface area contributed by atoms with Gasteiger partial charge in [-0.05, 0) is 23.8 Å². The summed E-state index contributed by atoms with van der Waals surface area (Å²) >= 11 is 0. The van der Waals surface area contributed by atoms with E-state index >= 15 is 0 Å². The summed E-state index contributed by atoms with van der Waals surface area (Å²) < 4.78 is 10.2. The zero-order valence-corrected chi connectivity index (χ0v) is 19.1. The summed E-state index contributed by atoms with van der Waals surface area (Å²) in [6, 6.07) is 10.1. The molecule has 3 rings (SSSR count). The number of nitrogens with two attached hydrogens (primary N) is 1. The summed E-state index contributed by atoms with van der Waals surface area (Å²) in [4.78, 5) is 61.6. The van der Waals surface area contributed by atoms with Crippen LogP contribution in [0.15, 0.2) is 61.2 Å². The van der Waals surface area contributed by atoms with Crippen LogP contribution in [0.2, 0.25) is 0 Å². The minimum Gasteiger partial charge on any atom is -0.458 e. The molecule has 1 aliphatic rings. The summed E-state index contributed by atoms with van der Waals surface area (Å²) in [7, 11) is 0. The molecule has 2 aromatic rings. The molecule has 3 amide bonds. The molecule has 2 atom stereocenters. The Morgan fingerprint density at radius 3 is 2.47 bits per heavy atom. The number of nitro groups is 1. The topological polar surface area (TPSA) is 171 Å². The van der Waals surface area contributed by atoms with Crippen LogP contribution in [-0.4, -0.2) is 58.9 Å². The van der Waals surface area contributed by atoms with Crippen molar-refractivity contribution in [2.24, 2.45) is 5.73 Å². The van der Waals surface area contributed by atoms with Gasteiger partial charge in [-0.25, -0.2) is 9.59 Å². The highest BCUT2D eigenvalue weighted by Crippen LogP contribution is 2.24. The molecule has 0 saturated carbocycles. The highest BCUT2D eigenvalue weighted by Gasteiger charge is 2.46. The second kappa shape index (κ2) is 11.6. The summed E-state index contributed by atoms with van der Waals surface area (Å²) in [6.45, 7) is 2.97. The lowest BCUT2D eigenvalue weighted by Gasteiger charge is -2.22. The lowest BCUT2D eigenvalue weighted by Crippen LogP contribution is -2.43. The van der Waals surface area contributed by atoms with E-state index in [1.807, 2.05) is 0 Å². The fourth-order valence-electron chi connectivity index (χ4n) is 3.62. The number of hydrogen-bond donors (Lipinski definition) is 2. The van der Waals surface area contributed by atoms with Crippen LogP contribution in [0.25, 0.3) is 0 Å². The number of ether oxygens (including phenoxy) is 2. The highest BCUT2D eigenvalue weighted by molar-refractivity contribution is 6.02. The monoisotopic (exact) mass is 496 g/mol. The molecule has 0 spiro atoms. The molecular weight excluding hydrogens is 472 g/mol. The number of carbonyl (C=O) groups excluding carboxylic acids is 4. The third-order valence-corrected chi connectivity index (χ3v) is 5.37. The van der Waals surface area contributed by atoms with Crippen molar-refractivity contribution >= 4 is 29.6 Å². The quantitative estimate of drug-likeness (QED) is 0.230. The van der Waals surface area contributed by atoms with E-state index in [0.29, 0.717) is 5.56 Å². The van der Waals surface area contributed by atoms with E-state index in [-0.39, 0.29) is 43.0 Å². The Labute approximate surface area is 205 Å². The summed E-state index contributed by atoms with van der Waals surface area (Å²) in [5, 5.41) is 13.9. The van der Waals surface area contributed by atoms with Gasteiger partial charge in [0.25, 0.3) is 0 Å². The molecule has 0 bridgehead atoms. The van der Waals surface area contributed by atoms with Gasteiger partial charge in [-0.15, -0.1) is 0 Å². The standard InChI is InChI=1S/C24H24N4O8/c1-2-8-35-23(31)17-9-16(21(25)29)10-18(11-17)26-22(30)20-12-19(28(33)34)13-27(20)24(32)36-14-15-6-4-3-5-7-15/h2-7,9-11,19-20H,1,8,12-14H2,(H2,25,29)(H,26,30). The summed E-state index contributed by atoms with van der Waals surface area (Å²) in [6.07, 6.45) is 0.224. The normalized spacial score (nSPS) is 16.6. The molecule has 0 aliphatic carbocycles. The summed E-state index contributed by atoms with van der Waals surface area (Å²) in [5.41, 5.74) is 5.92. The van der Waals surface area contributed by atoms with Crippen molar-refractivity contribution in [2.75, 3.05) is 18.5 Å². The Bertz CT molecular complexity index is 1180. The van der Waals surface area contributed by atoms with Crippen molar-refractivity contribution in [1.82, 2.24) is 4.90 Å². The van der Waals surface area contributed by atoms with E-state index in [1.54, 1.807) is 30.3 Å². The van der Waals surface area contributed by atoms with E-state index in [4.69, 9.17) is 15.2 Å². The number of likely N-dealkylation sites (tertiary alicyclic amines) is 1. The van der Waals surface area contributed by atoms with Gasteiger partial charge < -0.3 is 20.5 Å². The minimum absolute atomic E-state index is 0.0176. The number of rotatable bonds is 9. The second-order valence-corrected chi connectivity index (χ2v) is 7.92. The van der Waals surface area contributed by atoms with Gasteiger partial charge in [-0.3, -0.25) is 24.6 Å². The second-order valence-electron chi connectivity index (χ2n) is 7.92. The van der Waals surface area contributed by atoms with Gasteiger partial charge in [-0.2, -0.15) is 0 Å². The Morgan fingerprint density at radius 1 is 1.14 bits per heavy atom. The molecule has 0 aromatic heterocycles. The fraction of sp³-hybridized carbons (Fsp3) is 0.250.